The van der Waals surface area contributed by atoms with E-state index in [9.17, 15) is 5.11 Å². The zero-order valence-corrected chi connectivity index (χ0v) is 6.69. The molecule has 0 atom stereocenters. The first kappa shape index (κ1) is 8.03. The first-order chi connectivity index (χ1) is 6.33. The molecule has 1 heterocycles. The molecule has 2 aromatic rings. The topological polar surface area (TPSA) is 78.5 Å². The van der Waals surface area contributed by atoms with Gasteiger partial charge in [0.25, 0.3) is 0 Å². The van der Waals surface area contributed by atoms with E-state index >= 15 is 0 Å². The lowest BCUT2D eigenvalue weighted by Crippen LogP contribution is -2.06. The fraction of sp³-hybridized carbons (Fsp3) is 0.125. The van der Waals surface area contributed by atoms with Gasteiger partial charge in [0, 0.05) is 12.1 Å². The maximum atomic E-state index is 9.60. The fourth-order valence-corrected chi connectivity index (χ4v) is 1.19. The maximum absolute atomic E-state index is 9.60. The van der Waals surface area contributed by atoms with Crippen LogP contribution in [0.15, 0.2) is 22.9 Å². The number of phenolic OH excluding ortho intramolecular Hbond substituents is 1. The summed E-state index contributed by atoms with van der Waals surface area (Å²) in [5.41, 5.74) is 3.47. The smallest absolute Gasteiger partial charge is 0.182 e. The van der Waals surface area contributed by atoms with Crippen molar-refractivity contribution in [3.05, 3.63) is 24.1 Å². The Hall–Kier alpha value is -1.59. The second-order valence-electron chi connectivity index (χ2n) is 2.61. The number of fused-ring (bicyclic) bond motifs is 1. The lowest BCUT2D eigenvalue weighted by atomic mass is 10.2. The number of nitrogens with zero attached hydrogens (tertiary/aromatic N) is 1. The van der Waals surface area contributed by atoms with Crippen LogP contribution in [0.4, 0.5) is 0 Å². The second kappa shape index (κ2) is 3.04. The van der Waals surface area contributed by atoms with E-state index < -0.39 is 0 Å². The number of nitrogens with one attached hydrogen (secondary N) is 1. The highest BCUT2D eigenvalue weighted by Crippen LogP contribution is 2.26. The molecular weight excluding hydrogens is 172 g/mol. The van der Waals surface area contributed by atoms with E-state index in [0.29, 0.717) is 16.7 Å². The summed E-state index contributed by atoms with van der Waals surface area (Å²) in [6, 6.07) is 3.35. The van der Waals surface area contributed by atoms with Crippen LogP contribution in [0.5, 0.6) is 5.75 Å². The van der Waals surface area contributed by atoms with Gasteiger partial charge in [-0.1, -0.05) is 6.07 Å². The Kier molecular flexibility index (Phi) is 1.88. The van der Waals surface area contributed by atoms with Crippen molar-refractivity contribution in [1.29, 1.82) is 0 Å². The van der Waals surface area contributed by atoms with E-state index in [-0.39, 0.29) is 12.3 Å². The zero-order chi connectivity index (χ0) is 9.26. The molecular formula is C8H8N2O3. The molecule has 0 unspecified atom stereocenters. The van der Waals surface area contributed by atoms with Gasteiger partial charge in [-0.05, 0) is 6.07 Å². The molecule has 0 amide bonds. The van der Waals surface area contributed by atoms with Gasteiger partial charge in [0.05, 0.1) is 0 Å². The average Bonchev–Trinajstić information content (AvgIpc) is 2.58. The minimum atomic E-state index is 0.0350. The molecule has 0 spiro atoms. The molecule has 0 aliphatic rings. The Morgan fingerprint density at radius 2 is 2.31 bits per heavy atom. The number of aromatic nitrogens is 1. The first-order valence-electron chi connectivity index (χ1n) is 3.74. The van der Waals surface area contributed by atoms with E-state index in [1.165, 1.54) is 6.39 Å². The molecule has 0 saturated carbocycles. The van der Waals surface area contributed by atoms with Crippen molar-refractivity contribution < 1.29 is 14.7 Å². The minimum absolute atomic E-state index is 0.0350. The lowest BCUT2D eigenvalue weighted by Gasteiger charge is -2.01. The molecule has 5 heteroatoms. The van der Waals surface area contributed by atoms with Crippen LogP contribution in [-0.2, 0) is 6.54 Å². The Morgan fingerprint density at radius 1 is 1.46 bits per heavy atom. The predicted octanol–water partition coefficient (Wildman–Crippen LogP) is 1.01. The summed E-state index contributed by atoms with van der Waals surface area (Å²) >= 11 is 0. The van der Waals surface area contributed by atoms with Crippen LogP contribution in [-0.4, -0.2) is 15.3 Å². The van der Waals surface area contributed by atoms with E-state index in [1.54, 1.807) is 12.1 Å². The Labute approximate surface area is 73.6 Å². The van der Waals surface area contributed by atoms with Crippen molar-refractivity contribution >= 4 is 11.1 Å². The van der Waals surface area contributed by atoms with E-state index in [0.717, 1.165) is 0 Å². The summed E-state index contributed by atoms with van der Waals surface area (Å²) < 4.78 is 4.98. The molecule has 0 saturated heterocycles. The molecule has 0 aliphatic carbocycles. The van der Waals surface area contributed by atoms with Crippen LogP contribution in [0.3, 0.4) is 0 Å². The summed E-state index contributed by atoms with van der Waals surface area (Å²) in [6.07, 6.45) is 1.26. The van der Waals surface area contributed by atoms with E-state index in [1.807, 2.05) is 5.48 Å². The largest absolute Gasteiger partial charge is 0.505 e. The molecule has 0 bridgehead atoms. The van der Waals surface area contributed by atoms with Gasteiger partial charge in [0.1, 0.15) is 5.75 Å². The zero-order valence-electron chi connectivity index (χ0n) is 6.69. The number of hydrogen-bond donors (Lipinski definition) is 3. The normalized spacial score (nSPS) is 10.8. The Bertz CT molecular complexity index is 424. The Balaban J connectivity index is 2.59. The molecule has 0 fully saturated rings. The fourth-order valence-electron chi connectivity index (χ4n) is 1.19. The monoisotopic (exact) mass is 180 g/mol. The number of phenols is 1. The maximum Gasteiger partial charge on any atom is 0.182 e. The van der Waals surface area contributed by atoms with Crippen LogP contribution in [0, 0.1) is 0 Å². The van der Waals surface area contributed by atoms with E-state index in [2.05, 4.69) is 4.98 Å². The minimum Gasteiger partial charge on any atom is -0.505 e. The third-order valence-corrected chi connectivity index (χ3v) is 1.83. The molecule has 68 valence electrons. The molecule has 0 radical (unpaired) electrons. The average molecular weight is 180 g/mol. The van der Waals surface area contributed by atoms with Crippen LogP contribution >= 0.6 is 0 Å². The SMILES string of the molecule is ONCc1ccc2ocnc2c1O. The van der Waals surface area contributed by atoms with Crippen LogP contribution < -0.4 is 5.48 Å². The summed E-state index contributed by atoms with van der Waals surface area (Å²) in [7, 11) is 0. The van der Waals surface area contributed by atoms with Crippen LogP contribution in [0.2, 0.25) is 0 Å². The third-order valence-electron chi connectivity index (χ3n) is 1.83. The van der Waals surface area contributed by atoms with Gasteiger partial charge in [0.15, 0.2) is 17.5 Å². The van der Waals surface area contributed by atoms with Crippen molar-refractivity contribution in [1.82, 2.24) is 10.5 Å². The summed E-state index contributed by atoms with van der Waals surface area (Å²) in [5.74, 6) is 0.0350. The number of hydrogen-bond acceptors (Lipinski definition) is 5. The number of hydroxylamine groups is 1. The molecule has 0 aliphatic heterocycles. The van der Waals surface area contributed by atoms with Crippen LogP contribution in [0.1, 0.15) is 5.56 Å². The number of benzene rings is 1. The first-order valence-corrected chi connectivity index (χ1v) is 3.74. The van der Waals surface area contributed by atoms with Gasteiger partial charge in [-0.3, -0.25) is 0 Å². The highest BCUT2D eigenvalue weighted by atomic mass is 16.5. The quantitative estimate of drug-likeness (QED) is 0.601. The summed E-state index contributed by atoms with van der Waals surface area (Å²) in [5, 5.41) is 18.1. The summed E-state index contributed by atoms with van der Waals surface area (Å²) in [6.45, 7) is 0.175. The van der Waals surface area contributed by atoms with Crippen molar-refractivity contribution in [2.75, 3.05) is 0 Å². The van der Waals surface area contributed by atoms with Gasteiger partial charge >= 0.3 is 0 Å². The molecule has 2 rings (SSSR count). The number of rotatable bonds is 2. The summed E-state index contributed by atoms with van der Waals surface area (Å²) in [4.78, 5) is 3.84. The molecule has 1 aromatic heterocycles. The van der Waals surface area contributed by atoms with Crippen molar-refractivity contribution in [3.63, 3.8) is 0 Å². The van der Waals surface area contributed by atoms with Gasteiger partial charge in [-0.2, -0.15) is 0 Å². The Morgan fingerprint density at radius 3 is 3.08 bits per heavy atom. The number of aromatic hydroxyl groups is 1. The highest BCUT2D eigenvalue weighted by Gasteiger charge is 2.08. The van der Waals surface area contributed by atoms with Crippen molar-refractivity contribution in [2.45, 2.75) is 6.54 Å². The van der Waals surface area contributed by atoms with Gasteiger partial charge in [0.2, 0.25) is 0 Å². The van der Waals surface area contributed by atoms with Gasteiger partial charge in [-0.25, -0.2) is 10.5 Å². The standard InChI is InChI=1S/C8H8N2O3/c11-8-5(3-10-12)1-2-6-7(8)9-4-13-6/h1-2,4,10-12H,3H2. The lowest BCUT2D eigenvalue weighted by molar-refractivity contribution is 0.160. The predicted molar refractivity (Wildman–Crippen MR) is 44.3 cm³/mol. The van der Waals surface area contributed by atoms with Crippen molar-refractivity contribution in [3.8, 4) is 5.75 Å². The number of oxazole rings is 1. The van der Waals surface area contributed by atoms with Gasteiger partial charge in [-0.15, -0.1) is 0 Å². The molecule has 5 nitrogen and oxygen atoms in total. The van der Waals surface area contributed by atoms with E-state index in [4.69, 9.17) is 9.62 Å². The second-order valence-corrected chi connectivity index (χ2v) is 2.61. The van der Waals surface area contributed by atoms with Gasteiger partial charge < -0.3 is 14.7 Å². The van der Waals surface area contributed by atoms with Crippen molar-refractivity contribution in [2.24, 2.45) is 0 Å². The third kappa shape index (κ3) is 1.24. The molecule has 3 N–H and O–H groups in total. The molecule has 1 aromatic carbocycles. The highest BCUT2D eigenvalue weighted by molar-refractivity contribution is 5.80. The molecule has 13 heavy (non-hydrogen) atoms. The van der Waals surface area contributed by atoms with Crippen LogP contribution in [0.25, 0.3) is 11.1 Å².